The summed E-state index contributed by atoms with van der Waals surface area (Å²) >= 11 is 3.43. The van der Waals surface area contributed by atoms with Crippen LogP contribution in [0.5, 0.6) is 11.6 Å². The lowest BCUT2D eigenvalue weighted by Crippen LogP contribution is -2.04. The highest BCUT2D eigenvalue weighted by Crippen LogP contribution is 2.38. The number of nitrogens with one attached hydrogen (secondary N) is 1. The number of rotatable bonds is 6. The Labute approximate surface area is 182 Å². The van der Waals surface area contributed by atoms with Gasteiger partial charge in [0.25, 0.3) is 5.69 Å². The molecule has 2 aromatic heterocycles. The summed E-state index contributed by atoms with van der Waals surface area (Å²) in [5.74, 6) is -0.214. The van der Waals surface area contributed by atoms with Crippen LogP contribution < -0.4 is 10.1 Å². The number of fused-ring (bicyclic) bond motifs is 1. The van der Waals surface area contributed by atoms with E-state index in [0.29, 0.717) is 5.52 Å². The molecule has 11 nitrogen and oxygen atoms in total. The number of nitro groups is 2. The van der Waals surface area contributed by atoms with Crippen molar-refractivity contribution in [1.82, 2.24) is 15.0 Å². The third-order valence-corrected chi connectivity index (χ3v) is 4.87. The first-order valence-corrected chi connectivity index (χ1v) is 9.45. The molecule has 31 heavy (non-hydrogen) atoms. The zero-order chi connectivity index (χ0) is 22.0. The minimum absolute atomic E-state index is 0.175. The normalized spacial score (nSPS) is 10.6. The second-order valence-corrected chi connectivity index (χ2v) is 6.97. The fraction of sp³-hybridized carbons (Fsp3) is 0. The van der Waals surface area contributed by atoms with E-state index in [1.807, 2.05) is 6.07 Å². The molecule has 0 aliphatic heterocycles. The molecule has 0 amide bonds. The van der Waals surface area contributed by atoms with E-state index >= 15 is 0 Å². The Balaban J connectivity index is 1.75. The molecule has 2 heterocycles. The molecule has 0 atom stereocenters. The van der Waals surface area contributed by atoms with E-state index in [1.165, 1.54) is 24.3 Å². The van der Waals surface area contributed by atoms with Crippen LogP contribution in [0.3, 0.4) is 0 Å². The smallest absolute Gasteiger partial charge is 0.373 e. The number of anilines is 2. The fourth-order valence-corrected chi connectivity index (χ4v) is 3.28. The van der Waals surface area contributed by atoms with Crippen LogP contribution in [-0.4, -0.2) is 24.8 Å². The summed E-state index contributed by atoms with van der Waals surface area (Å²) in [5.41, 5.74) is 0.0299. The lowest BCUT2D eigenvalue weighted by molar-refractivity contribution is -0.385. The van der Waals surface area contributed by atoms with Crippen molar-refractivity contribution in [2.24, 2.45) is 0 Å². The maximum atomic E-state index is 11.8. The Morgan fingerprint density at radius 1 is 0.968 bits per heavy atom. The van der Waals surface area contributed by atoms with Crippen molar-refractivity contribution in [2.45, 2.75) is 0 Å². The summed E-state index contributed by atoms with van der Waals surface area (Å²) in [5, 5.41) is 26.3. The summed E-state index contributed by atoms with van der Waals surface area (Å²) in [6.45, 7) is 0. The molecule has 1 N–H and O–H groups in total. The average Bonchev–Trinajstić information content (AvgIpc) is 2.76. The van der Waals surface area contributed by atoms with Crippen molar-refractivity contribution in [2.75, 3.05) is 5.32 Å². The molecule has 0 aliphatic carbocycles. The van der Waals surface area contributed by atoms with E-state index in [2.05, 4.69) is 36.2 Å². The molecular weight excluding hydrogens is 472 g/mol. The minimum atomic E-state index is -0.691. The number of aromatic nitrogens is 3. The van der Waals surface area contributed by atoms with Crippen molar-refractivity contribution < 1.29 is 14.6 Å². The topological polar surface area (TPSA) is 146 Å². The van der Waals surface area contributed by atoms with Gasteiger partial charge in [0.2, 0.25) is 5.82 Å². The molecule has 0 spiro atoms. The van der Waals surface area contributed by atoms with Crippen molar-refractivity contribution in [3.8, 4) is 11.6 Å². The van der Waals surface area contributed by atoms with Crippen molar-refractivity contribution >= 4 is 49.7 Å². The van der Waals surface area contributed by atoms with Crippen LogP contribution in [0, 0.1) is 20.2 Å². The second-order valence-electron chi connectivity index (χ2n) is 6.11. The Morgan fingerprint density at radius 3 is 2.58 bits per heavy atom. The fourth-order valence-electron chi connectivity index (χ4n) is 2.83. The monoisotopic (exact) mass is 482 g/mol. The van der Waals surface area contributed by atoms with Gasteiger partial charge in [0.05, 0.1) is 9.85 Å². The Bertz CT molecular complexity index is 1330. The van der Waals surface area contributed by atoms with E-state index < -0.39 is 15.5 Å². The van der Waals surface area contributed by atoms with Gasteiger partial charge in [-0.3, -0.25) is 25.2 Å². The van der Waals surface area contributed by atoms with Crippen molar-refractivity contribution in [3.63, 3.8) is 0 Å². The Hall–Kier alpha value is -4.19. The predicted molar refractivity (Wildman–Crippen MR) is 115 cm³/mol. The van der Waals surface area contributed by atoms with Crippen molar-refractivity contribution in [1.29, 1.82) is 0 Å². The van der Waals surface area contributed by atoms with Crippen molar-refractivity contribution in [3.05, 3.63) is 85.8 Å². The molecule has 4 aromatic rings. The van der Waals surface area contributed by atoms with Crippen LogP contribution in [0.2, 0.25) is 0 Å². The standard InChI is InChI=1S/C19H11BrN6O5/c20-14-6-7-15(16-13(14)5-2-8-21-16)31-19-17(26(29)30)18(22-10-23-19)24-11-3-1-4-12(9-11)25(27)28/h1-10H,(H,22,23,24). The molecule has 0 aliphatic rings. The van der Waals surface area contributed by atoms with Gasteiger partial charge in [0, 0.05) is 33.9 Å². The van der Waals surface area contributed by atoms with Gasteiger partial charge in [0.1, 0.15) is 11.8 Å². The lowest BCUT2D eigenvalue weighted by atomic mass is 10.2. The van der Waals surface area contributed by atoms with Gasteiger partial charge in [-0.15, -0.1) is 0 Å². The van der Waals surface area contributed by atoms with Gasteiger partial charge in [-0.1, -0.05) is 28.1 Å². The summed E-state index contributed by atoms with van der Waals surface area (Å²) in [4.78, 5) is 33.6. The summed E-state index contributed by atoms with van der Waals surface area (Å²) < 4.78 is 6.54. The molecule has 0 unspecified atom stereocenters. The van der Waals surface area contributed by atoms with E-state index in [9.17, 15) is 20.2 Å². The molecule has 0 fully saturated rings. The third-order valence-electron chi connectivity index (χ3n) is 4.18. The van der Waals surface area contributed by atoms with E-state index in [-0.39, 0.29) is 28.8 Å². The average molecular weight is 483 g/mol. The van der Waals surface area contributed by atoms with Crippen LogP contribution in [-0.2, 0) is 0 Å². The maximum absolute atomic E-state index is 11.8. The molecule has 12 heteroatoms. The van der Waals surface area contributed by atoms with Crippen LogP contribution >= 0.6 is 15.9 Å². The quantitative estimate of drug-likeness (QED) is 0.291. The number of pyridine rings is 1. The molecule has 2 aromatic carbocycles. The van der Waals surface area contributed by atoms with Gasteiger partial charge >= 0.3 is 11.6 Å². The number of hydrogen-bond donors (Lipinski definition) is 1. The SMILES string of the molecule is O=[N+]([O-])c1cccc(Nc2ncnc(Oc3ccc(Br)c4cccnc34)c2[N+](=O)[O-])c1. The third kappa shape index (κ3) is 4.09. The van der Waals surface area contributed by atoms with Crippen LogP contribution in [0.25, 0.3) is 10.9 Å². The summed E-state index contributed by atoms with van der Waals surface area (Å²) in [7, 11) is 0. The van der Waals surface area contributed by atoms with Crippen LogP contribution in [0.4, 0.5) is 22.9 Å². The highest BCUT2D eigenvalue weighted by atomic mass is 79.9. The zero-order valence-electron chi connectivity index (χ0n) is 15.4. The minimum Gasteiger partial charge on any atom is -0.431 e. The first kappa shape index (κ1) is 20.1. The largest absolute Gasteiger partial charge is 0.431 e. The Kier molecular flexibility index (Phi) is 5.37. The Morgan fingerprint density at radius 2 is 1.81 bits per heavy atom. The predicted octanol–water partition coefficient (Wildman–Crippen LogP) is 5.14. The number of ether oxygens (including phenoxy) is 1. The van der Waals surface area contributed by atoms with Crippen LogP contribution in [0.1, 0.15) is 0 Å². The first-order chi connectivity index (χ1) is 14.9. The number of nitro benzene ring substituents is 1. The molecule has 154 valence electrons. The van der Waals surface area contributed by atoms with Gasteiger partial charge in [-0.05, 0) is 24.3 Å². The van der Waals surface area contributed by atoms with Crippen LogP contribution in [0.15, 0.2) is 65.5 Å². The van der Waals surface area contributed by atoms with Gasteiger partial charge in [0.15, 0.2) is 5.75 Å². The van der Waals surface area contributed by atoms with E-state index in [0.717, 1.165) is 16.2 Å². The van der Waals surface area contributed by atoms with Gasteiger partial charge in [-0.25, -0.2) is 4.98 Å². The summed E-state index contributed by atoms with van der Waals surface area (Å²) in [6, 6.07) is 12.4. The molecule has 0 saturated heterocycles. The van der Waals surface area contributed by atoms with E-state index in [1.54, 1.807) is 24.4 Å². The summed E-state index contributed by atoms with van der Waals surface area (Å²) in [6.07, 6.45) is 2.67. The second kappa shape index (κ2) is 8.28. The van der Waals surface area contributed by atoms with Gasteiger partial charge in [-0.2, -0.15) is 4.98 Å². The first-order valence-electron chi connectivity index (χ1n) is 8.66. The van der Waals surface area contributed by atoms with Gasteiger partial charge < -0.3 is 10.1 Å². The number of benzene rings is 2. The number of hydrogen-bond acceptors (Lipinski definition) is 9. The number of non-ortho nitro benzene ring substituents is 1. The zero-order valence-corrected chi connectivity index (χ0v) is 17.0. The molecule has 0 saturated carbocycles. The lowest BCUT2D eigenvalue weighted by Gasteiger charge is -2.11. The number of nitrogens with zero attached hydrogens (tertiary/aromatic N) is 5. The number of halogens is 1. The molecular formula is C19H11BrN6O5. The molecule has 0 radical (unpaired) electrons. The highest BCUT2D eigenvalue weighted by molar-refractivity contribution is 9.10. The molecule has 4 rings (SSSR count). The van der Waals surface area contributed by atoms with E-state index in [4.69, 9.17) is 4.74 Å². The maximum Gasteiger partial charge on any atom is 0.373 e. The molecule has 0 bridgehead atoms. The highest BCUT2D eigenvalue weighted by Gasteiger charge is 2.26.